The zero-order valence-corrected chi connectivity index (χ0v) is 11.1. The highest BCUT2D eigenvalue weighted by atomic mass is 15.2. The van der Waals surface area contributed by atoms with Gasteiger partial charge in [0.25, 0.3) is 0 Å². The fraction of sp³-hybridized carbons (Fsp3) is 0.625. The fourth-order valence-corrected chi connectivity index (χ4v) is 3.61. The molecule has 2 heteroatoms. The number of piperidine rings is 1. The number of nitrogens with one attached hydrogen (secondary N) is 1. The Morgan fingerprint density at radius 3 is 2.33 bits per heavy atom. The molecule has 1 aromatic carbocycles. The van der Waals surface area contributed by atoms with Gasteiger partial charge in [0.15, 0.2) is 0 Å². The highest BCUT2D eigenvalue weighted by molar-refractivity contribution is 5.20. The van der Waals surface area contributed by atoms with Gasteiger partial charge in [0, 0.05) is 6.04 Å². The molecule has 0 bridgehead atoms. The lowest BCUT2D eigenvalue weighted by molar-refractivity contribution is 0.148. The number of hydrogen-bond donors (Lipinski definition) is 1. The Bertz CT molecular complexity index is 351. The van der Waals surface area contributed by atoms with Gasteiger partial charge in [-0.25, -0.2) is 0 Å². The lowest BCUT2D eigenvalue weighted by Gasteiger charge is -2.37. The molecule has 0 saturated carbocycles. The molecule has 98 valence electrons. The fourth-order valence-electron chi connectivity index (χ4n) is 3.61. The van der Waals surface area contributed by atoms with E-state index in [4.69, 9.17) is 0 Å². The molecular weight excluding hydrogens is 220 g/mol. The van der Waals surface area contributed by atoms with Crippen LogP contribution in [0.3, 0.4) is 0 Å². The Hall–Kier alpha value is -0.860. The molecular formula is C16H24N2. The van der Waals surface area contributed by atoms with Crippen LogP contribution < -0.4 is 5.32 Å². The minimum atomic E-state index is 0.663. The molecule has 0 radical (unpaired) electrons. The number of hydrogen-bond acceptors (Lipinski definition) is 2. The van der Waals surface area contributed by atoms with Crippen LogP contribution in [0.1, 0.15) is 37.3 Å². The Balaban J connectivity index is 1.82. The quantitative estimate of drug-likeness (QED) is 0.879. The molecule has 0 aliphatic carbocycles. The molecule has 1 unspecified atom stereocenters. The Morgan fingerprint density at radius 2 is 1.67 bits per heavy atom. The summed E-state index contributed by atoms with van der Waals surface area (Å²) in [7, 11) is 0. The van der Waals surface area contributed by atoms with Gasteiger partial charge in [-0.05, 0) is 63.3 Å². The average molecular weight is 244 g/mol. The van der Waals surface area contributed by atoms with Crippen LogP contribution >= 0.6 is 0 Å². The van der Waals surface area contributed by atoms with Crippen molar-refractivity contribution in [1.29, 1.82) is 0 Å². The van der Waals surface area contributed by atoms with Gasteiger partial charge in [-0.1, -0.05) is 30.3 Å². The zero-order valence-electron chi connectivity index (χ0n) is 11.1. The van der Waals surface area contributed by atoms with E-state index in [2.05, 4.69) is 40.5 Å². The van der Waals surface area contributed by atoms with Gasteiger partial charge in [-0.15, -0.1) is 0 Å². The second-order valence-electron chi connectivity index (χ2n) is 5.69. The van der Waals surface area contributed by atoms with Crippen LogP contribution in [0.25, 0.3) is 0 Å². The summed E-state index contributed by atoms with van der Waals surface area (Å²) in [5.41, 5.74) is 1.53. The Morgan fingerprint density at radius 1 is 1.00 bits per heavy atom. The van der Waals surface area contributed by atoms with Crippen molar-refractivity contribution in [3.63, 3.8) is 0 Å². The van der Waals surface area contributed by atoms with Crippen LogP contribution in [0.15, 0.2) is 30.3 Å². The highest BCUT2D eigenvalue weighted by Gasteiger charge is 2.31. The molecule has 18 heavy (non-hydrogen) atoms. The van der Waals surface area contributed by atoms with E-state index >= 15 is 0 Å². The standard InChI is InChI=1S/C16H24N2/c1-2-6-14(7-3-1)16(18-12-4-5-13-18)15-8-10-17-11-9-15/h1-3,6-7,15-17H,4-5,8-13H2. The summed E-state index contributed by atoms with van der Waals surface area (Å²) < 4.78 is 0. The van der Waals surface area contributed by atoms with E-state index in [1.54, 1.807) is 0 Å². The maximum Gasteiger partial charge on any atom is 0.0377 e. The molecule has 2 saturated heterocycles. The van der Waals surface area contributed by atoms with Gasteiger partial charge in [0.05, 0.1) is 0 Å². The SMILES string of the molecule is c1ccc(C(C2CCNCC2)N2CCCC2)cc1. The lowest BCUT2D eigenvalue weighted by Crippen LogP contribution is -2.37. The van der Waals surface area contributed by atoms with Crippen LogP contribution in [-0.2, 0) is 0 Å². The highest BCUT2D eigenvalue weighted by Crippen LogP contribution is 2.36. The monoisotopic (exact) mass is 244 g/mol. The summed E-state index contributed by atoms with van der Waals surface area (Å²) in [6.07, 6.45) is 5.43. The zero-order chi connectivity index (χ0) is 12.2. The normalized spacial score (nSPS) is 24.2. The topological polar surface area (TPSA) is 15.3 Å². The third-order valence-electron chi connectivity index (χ3n) is 4.51. The predicted octanol–water partition coefficient (Wildman–Crippen LogP) is 2.82. The van der Waals surface area contributed by atoms with Gasteiger partial charge in [0.1, 0.15) is 0 Å². The van der Waals surface area contributed by atoms with E-state index in [9.17, 15) is 0 Å². The number of nitrogens with zero attached hydrogens (tertiary/aromatic N) is 1. The molecule has 2 nitrogen and oxygen atoms in total. The third-order valence-corrected chi connectivity index (χ3v) is 4.51. The molecule has 2 aliphatic rings. The van der Waals surface area contributed by atoms with Crippen molar-refractivity contribution in [1.82, 2.24) is 10.2 Å². The van der Waals surface area contributed by atoms with E-state index in [0.717, 1.165) is 5.92 Å². The van der Waals surface area contributed by atoms with Crippen molar-refractivity contribution in [2.24, 2.45) is 5.92 Å². The van der Waals surface area contributed by atoms with E-state index in [0.29, 0.717) is 6.04 Å². The Kier molecular flexibility index (Phi) is 3.96. The predicted molar refractivity (Wildman–Crippen MR) is 75.6 cm³/mol. The molecule has 0 amide bonds. The largest absolute Gasteiger partial charge is 0.317 e. The summed E-state index contributed by atoms with van der Waals surface area (Å²) in [5, 5.41) is 3.49. The minimum Gasteiger partial charge on any atom is -0.317 e. The van der Waals surface area contributed by atoms with Gasteiger partial charge < -0.3 is 5.32 Å². The first kappa shape index (κ1) is 12.2. The second-order valence-corrected chi connectivity index (χ2v) is 5.69. The first-order valence-corrected chi connectivity index (χ1v) is 7.45. The number of rotatable bonds is 3. The van der Waals surface area contributed by atoms with Gasteiger partial charge >= 0.3 is 0 Å². The summed E-state index contributed by atoms with van der Waals surface area (Å²) in [6.45, 7) is 4.98. The van der Waals surface area contributed by atoms with Crippen molar-refractivity contribution in [2.45, 2.75) is 31.7 Å². The molecule has 0 spiro atoms. The smallest absolute Gasteiger partial charge is 0.0377 e. The van der Waals surface area contributed by atoms with E-state index in [1.807, 2.05) is 0 Å². The number of likely N-dealkylation sites (tertiary alicyclic amines) is 1. The molecule has 1 atom stereocenters. The maximum atomic E-state index is 3.49. The summed E-state index contributed by atoms with van der Waals surface area (Å²) in [6, 6.07) is 11.8. The summed E-state index contributed by atoms with van der Waals surface area (Å²) >= 11 is 0. The first-order valence-electron chi connectivity index (χ1n) is 7.45. The lowest BCUT2D eigenvalue weighted by atomic mass is 9.85. The van der Waals surface area contributed by atoms with Crippen molar-refractivity contribution < 1.29 is 0 Å². The first-order chi connectivity index (χ1) is 8.95. The van der Waals surface area contributed by atoms with E-state index < -0.39 is 0 Å². The summed E-state index contributed by atoms with van der Waals surface area (Å²) in [4.78, 5) is 2.73. The van der Waals surface area contributed by atoms with E-state index in [-0.39, 0.29) is 0 Å². The van der Waals surface area contributed by atoms with Crippen molar-refractivity contribution in [2.75, 3.05) is 26.2 Å². The van der Waals surface area contributed by atoms with Crippen LogP contribution in [0.5, 0.6) is 0 Å². The molecule has 2 heterocycles. The van der Waals surface area contributed by atoms with Crippen molar-refractivity contribution >= 4 is 0 Å². The van der Waals surface area contributed by atoms with E-state index in [1.165, 1.54) is 57.4 Å². The number of benzene rings is 1. The Labute approximate surface area is 110 Å². The molecule has 0 aromatic heterocycles. The molecule has 2 aliphatic heterocycles. The molecule has 1 N–H and O–H groups in total. The van der Waals surface area contributed by atoms with Gasteiger partial charge in [0.2, 0.25) is 0 Å². The van der Waals surface area contributed by atoms with Gasteiger partial charge in [-0.3, -0.25) is 4.90 Å². The summed E-state index contributed by atoms with van der Waals surface area (Å²) in [5.74, 6) is 0.840. The molecule has 2 fully saturated rings. The minimum absolute atomic E-state index is 0.663. The molecule has 1 aromatic rings. The van der Waals surface area contributed by atoms with Crippen LogP contribution in [0, 0.1) is 5.92 Å². The third kappa shape index (κ3) is 2.60. The van der Waals surface area contributed by atoms with Crippen molar-refractivity contribution in [3.8, 4) is 0 Å². The van der Waals surface area contributed by atoms with Crippen LogP contribution in [0.2, 0.25) is 0 Å². The maximum absolute atomic E-state index is 3.49. The average Bonchev–Trinajstić information content (AvgIpc) is 2.95. The molecule has 3 rings (SSSR count). The van der Waals surface area contributed by atoms with Crippen LogP contribution in [-0.4, -0.2) is 31.1 Å². The second kappa shape index (κ2) is 5.85. The van der Waals surface area contributed by atoms with Crippen LogP contribution in [0.4, 0.5) is 0 Å². The van der Waals surface area contributed by atoms with Crippen molar-refractivity contribution in [3.05, 3.63) is 35.9 Å². The van der Waals surface area contributed by atoms with Gasteiger partial charge in [-0.2, -0.15) is 0 Å².